The van der Waals surface area contributed by atoms with E-state index in [0.717, 1.165) is 21.0 Å². The SMILES string of the molecule is CCNC(=O)[C@@H](Cc1ccccc1)N(Cc1ccc(Cl)c(Cl)c1)C(=O)CN(c1cc(C)ccc1C)S(=O)(=O)c1ccc(C)cc1. The van der Waals surface area contributed by atoms with Crippen LogP contribution in [0.2, 0.25) is 10.0 Å². The van der Waals surface area contributed by atoms with Crippen LogP contribution in [0.25, 0.3) is 0 Å². The minimum Gasteiger partial charge on any atom is -0.355 e. The number of benzene rings is 4. The second-order valence-electron chi connectivity index (χ2n) is 11.0. The number of halogens is 2. The average Bonchev–Trinajstić information content (AvgIpc) is 3.01. The zero-order chi connectivity index (χ0) is 32.7. The third-order valence-electron chi connectivity index (χ3n) is 7.48. The number of sulfonamides is 1. The molecule has 0 fully saturated rings. The third kappa shape index (κ3) is 8.45. The van der Waals surface area contributed by atoms with Crippen molar-refractivity contribution < 1.29 is 18.0 Å². The molecule has 0 spiro atoms. The Morgan fingerprint density at radius 3 is 2.11 bits per heavy atom. The number of hydrogen-bond donors (Lipinski definition) is 1. The van der Waals surface area contributed by atoms with Crippen molar-refractivity contribution in [1.29, 1.82) is 0 Å². The van der Waals surface area contributed by atoms with E-state index in [9.17, 15) is 18.0 Å². The minimum absolute atomic E-state index is 0.00439. The fourth-order valence-corrected chi connectivity index (χ4v) is 6.81. The number of rotatable bonds is 12. The number of amides is 2. The molecule has 0 aliphatic rings. The number of hydrogen-bond acceptors (Lipinski definition) is 4. The van der Waals surface area contributed by atoms with Gasteiger partial charge in [0.25, 0.3) is 10.0 Å². The first kappa shape index (κ1) is 34.0. The molecule has 4 aromatic carbocycles. The topological polar surface area (TPSA) is 86.8 Å². The predicted molar refractivity (Wildman–Crippen MR) is 181 cm³/mol. The van der Waals surface area contributed by atoms with Crippen molar-refractivity contribution in [3.8, 4) is 0 Å². The van der Waals surface area contributed by atoms with Crippen LogP contribution < -0.4 is 9.62 Å². The summed E-state index contributed by atoms with van der Waals surface area (Å²) >= 11 is 12.5. The summed E-state index contributed by atoms with van der Waals surface area (Å²) in [5.74, 6) is -0.903. The van der Waals surface area contributed by atoms with Gasteiger partial charge in [-0.05, 0) is 80.3 Å². The molecule has 0 heterocycles. The van der Waals surface area contributed by atoms with Gasteiger partial charge in [0.2, 0.25) is 11.8 Å². The lowest BCUT2D eigenvalue weighted by atomic mass is 10.0. The number of carbonyl (C=O) groups excluding carboxylic acids is 2. The molecule has 1 N–H and O–H groups in total. The van der Waals surface area contributed by atoms with Crippen LogP contribution in [0.4, 0.5) is 5.69 Å². The predicted octanol–water partition coefficient (Wildman–Crippen LogP) is 6.89. The summed E-state index contributed by atoms with van der Waals surface area (Å²) in [5.41, 5.74) is 4.30. The lowest BCUT2D eigenvalue weighted by Gasteiger charge is -2.34. The van der Waals surface area contributed by atoms with E-state index in [1.807, 2.05) is 56.3 Å². The molecule has 0 unspecified atom stereocenters. The van der Waals surface area contributed by atoms with E-state index in [-0.39, 0.29) is 23.8 Å². The Morgan fingerprint density at radius 1 is 0.800 bits per heavy atom. The van der Waals surface area contributed by atoms with Crippen molar-refractivity contribution in [2.45, 2.75) is 51.6 Å². The Bertz CT molecular complexity index is 1760. The maximum Gasteiger partial charge on any atom is 0.264 e. The Hall–Kier alpha value is -3.85. The zero-order valence-corrected chi connectivity index (χ0v) is 28.1. The van der Waals surface area contributed by atoms with Crippen molar-refractivity contribution >= 4 is 50.7 Å². The molecule has 0 radical (unpaired) electrons. The molecule has 10 heteroatoms. The number of anilines is 1. The number of nitrogens with one attached hydrogen (secondary N) is 1. The van der Waals surface area contributed by atoms with E-state index in [2.05, 4.69) is 5.32 Å². The van der Waals surface area contributed by atoms with Gasteiger partial charge in [-0.25, -0.2) is 8.42 Å². The highest BCUT2D eigenvalue weighted by Crippen LogP contribution is 2.29. The van der Waals surface area contributed by atoms with Gasteiger partial charge in [-0.3, -0.25) is 13.9 Å². The van der Waals surface area contributed by atoms with E-state index < -0.39 is 28.5 Å². The smallest absolute Gasteiger partial charge is 0.264 e. The molecule has 0 saturated carbocycles. The van der Waals surface area contributed by atoms with Crippen molar-refractivity contribution in [3.63, 3.8) is 0 Å². The first-order valence-corrected chi connectivity index (χ1v) is 16.8. The molecule has 4 rings (SSSR count). The molecule has 0 saturated heterocycles. The van der Waals surface area contributed by atoms with Gasteiger partial charge in [0.15, 0.2) is 0 Å². The Labute approximate surface area is 275 Å². The zero-order valence-electron chi connectivity index (χ0n) is 25.8. The fraction of sp³-hybridized carbons (Fsp3) is 0.257. The van der Waals surface area contributed by atoms with Gasteiger partial charge >= 0.3 is 0 Å². The van der Waals surface area contributed by atoms with E-state index in [0.29, 0.717) is 33.4 Å². The number of nitrogens with zero attached hydrogens (tertiary/aromatic N) is 2. The fourth-order valence-electron chi connectivity index (χ4n) is 5.02. The van der Waals surface area contributed by atoms with Crippen molar-refractivity contribution in [2.75, 3.05) is 17.4 Å². The number of aryl methyl sites for hydroxylation is 3. The third-order valence-corrected chi connectivity index (χ3v) is 9.99. The first-order valence-electron chi connectivity index (χ1n) is 14.6. The molecule has 0 bridgehead atoms. The maximum atomic E-state index is 14.5. The summed E-state index contributed by atoms with van der Waals surface area (Å²) < 4.78 is 29.6. The van der Waals surface area contributed by atoms with Crippen LogP contribution in [0.15, 0.2) is 95.9 Å². The number of likely N-dealkylation sites (N-methyl/N-ethyl adjacent to an activating group) is 1. The largest absolute Gasteiger partial charge is 0.355 e. The molecule has 45 heavy (non-hydrogen) atoms. The van der Waals surface area contributed by atoms with Crippen LogP contribution in [0.1, 0.15) is 34.7 Å². The van der Waals surface area contributed by atoms with Gasteiger partial charge in [-0.1, -0.05) is 89.4 Å². The lowest BCUT2D eigenvalue weighted by molar-refractivity contribution is -0.140. The first-order chi connectivity index (χ1) is 21.4. The highest BCUT2D eigenvalue weighted by Gasteiger charge is 2.35. The molecule has 236 valence electrons. The van der Waals surface area contributed by atoms with Crippen LogP contribution >= 0.6 is 23.2 Å². The monoisotopic (exact) mass is 665 g/mol. The minimum atomic E-state index is -4.19. The Morgan fingerprint density at radius 2 is 1.47 bits per heavy atom. The van der Waals surface area contributed by atoms with Gasteiger partial charge < -0.3 is 10.2 Å². The normalized spacial score (nSPS) is 12.0. The molecule has 7 nitrogen and oxygen atoms in total. The van der Waals surface area contributed by atoms with Crippen LogP contribution in [-0.2, 0) is 32.6 Å². The standard InChI is InChI=1S/C35H37Cl2N3O4S/c1-5-38-35(42)33(21-27-9-7-6-8-10-27)39(22-28-15-18-30(36)31(37)20-28)34(41)23-40(32-19-25(3)11-14-26(32)4)45(43,44)29-16-12-24(2)13-17-29/h6-20,33H,5,21-23H2,1-4H3,(H,38,42)/t33-/m1/s1. The summed E-state index contributed by atoms with van der Waals surface area (Å²) in [4.78, 5) is 29.6. The average molecular weight is 667 g/mol. The van der Waals surface area contributed by atoms with Crippen molar-refractivity contribution in [2.24, 2.45) is 0 Å². The van der Waals surface area contributed by atoms with E-state index in [1.165, 1.54) is 17.0 Å². The molecule has 2 amide bonds. The molecule has 0 aliphatic heterocycles. The second kappa shape index (κ2) is 15.0. The lowest BCUT2D eigenvalue weighted by Crippen LogP contribution is -2.53. The maximum absolute atomic E-state index is 14.5. The summed E-state index contributed by atoms with van der Waals surface area (Å²) in [6.07, 6.45) is 0.216. The highest BCUT2D eigenvalue weighted by atomic mass is 35.5. The quantitative estimate of drug-likeness (QED) is 0.179. The van der Waals surface area contributed by atoms with Gasteiger partial charge in [-0.2, -0.15) is 0 Å². The summed E-state index contributed by atoms with van der Waals surface area (Å²) in [7, 11) is -4.19. The molecule has 0 aromatic heterocycles. The molecule has 0 aliphatic carbocycles. The molecular weight excluding hydrogens is 629 g/mol. The van der Waals surface area contributed by atoms with Crippen molar-refractivity contribution in [3.05, 3.63) is 129 Å². The van der Waals surface area contributed by atoms with Crippen LogP contribution in [-0.4, -0.2) is 44.3 Å². The summed E-state index contributed by atoms with van der Waals surface area (Å²) in [6.45, 7) is 7.16. The van der Waals surface area contributed by atoms with E-state index >= 15 is 0 Å². The summed E-state index contributed by atoms with van der Waals surface area (Å²) in [5, 5.41) is 3.52. The highest BCUT2D eigenvalue weighted by molar-refractivity contribution is 7.92. The molecule has 4 aromatic rings. The van der Waals surface area contributed by atoms with Crippen LogP contribution in [0.3, 0.4) is 0 Å². The Kier molecular flexibility index (Phi) is 11.3. The van der Waals surface area contributed by atoms with Gasteiger partial charge in [-0.15, -0.1) is 0 Å². The second-order valence-corrected chi connectivity index (χ2v) is 13.7. The van der Waals surface area contributed by atoms with Crippen LogP contribution in [0, 0.1) is 20.8 Å². The van der Waals surface area contributed by atoms with E-state index in [1.54, 1.807) is 50.2 Å². The molecular formula is C35H37Cl2N3O4S. The molecule has 1 atom stereocenters. The van der Waals surface area contributed by atoms with Gasteiger partial charge in [0.05, 0.1) is 20.6 Å². The summed E-state index contributed by atoms with van der Waals surface area (Å²) in [6, 6.07) is 25.4. The van der Waals surface area contributed by atoms with Gasteiger partial charge in [0, 0.05) is 19.5 Å². The Balaban J connectivity index is 1.84. The van der Waals surface area contributed by atoms with Crippen molar-refractivity contribution in [1.82, 2.24) is 10.2 Å². The number of carbonyl (C=O) groups is 2. The van der Waals surface area contributed by atoms with Crippen LogP contribution in [0.5, 0.6) is 0 Å². The van der Waals surface area contributed by atoms with E-state index in [4.69, 9.17) is 23.2 Å². The van der Waals surface area contributed by atoms with Gasteiger partial charge in [0.1, 0.15) is 12.6 Å².